The summed E-state index contributed by atoms with van der Waals surface area (Å²) in [4.78, 5) is 21.3. The third kappa shape index (κ3) is 4.80. The Labute approximate surface area is 199 Å². The van der Waals surface area contributed by atoms with Crippen molar-refractivity contribution in [1.29, 1.82) is 0 Å². The number of rotatable bonds is 6. The second-order valence-corrected chi connectivity index (χ2v) is 11.7. The van der Waals surface area contributed by atoms with Crippen LogP contribution in [-0.4, -0.2) is 75.3 Å². The molecule has 8 nitrogen and oxygen atoms in total. The molecule has 1 amide bonds. The van der Waals surface area contributed by atoms with E-state index in [0.717, 1.165) is 43.7 Å². The van der Waals surface area contributed by atoms with Gasteiger partial charge in [-0.3, -0.25) is 9.78 Å². The fraction of sp³-hybridized carbons (Fsp3) is 0.500. The highest BCUT2D eigenvalue weighted by Gasteiger charge is 2.37. The van der Waals surface area contributed by atoms with Crippen LogP contribution in [0.3, 0.4) is 0 Å². The van der Waals surface area contributed by atoms with E-state index in [1.165, 1.54) is 31.3 Å². The first-order valence-corrected chi connectivity index (χ1v) is 13.3. The van der Waals surface area contributed by atoms with Crippen LogP contribution in [0.15, 0.2) is 36.5 Å². The Bertz CT molecular complexity index is 1160. The van der Waals surface area contributed by atoms with Gasteiger partial charge in [0.25, 0.3) is 0 Å². The lowest BCUT2D eigenvalue weighted by atomic mass is 9.96. The molecule has 0 aliphatic carbocycles. The monoisotopic (exact) mass is 490 g/mol. The number of pyridine rings is 1. The predicted octanol–water partition coefficient (Wildman–Crippen LogP) is 1.78. The van der Waals surface area contributed by atoms with Gasteiger partial charge in [0, 0.05) is 50.6 Å². The molecule has 2 atom stereocenters. The highest BCUT2D eigenvalue weighted by molar-refractivity contribution is 7.91. The number of amides is 1. The van der Waals surface area contributed by atoms with Crippen LogP contribution in [0.2, 0.25) is 0 Å². The smallest absolute Gasteiger partial charge is 0.230 e. The summed E-state index contributed by atoms with van der Waals surface area (Å²) in [6.07, 6.45) is 3.43. The standard InChI is InChI=1S/C24H31FN4O4S/c1-24(31,34(3,32)33)22-7-5-20(16-26-22)29-9-8-17(23(29)30)14-18-15-19(25)4-6-21(18)28-12-10-27(2)11-13-28/h4-7,15-17,31H,8-14H2,1-3H3. The maximum Gasteiger partial charge on any atom is 0.230 e. The van der Waals surface area contributed by atoms with Gasteiger partial charge in [0.05, 0.1) is 17.6 Å². The van der Waals surface area contributed by atoms with Crippen molar-refractivity contribution in [3.63, 3.8) is 0 Å². The number of piperazine rings is 1. The average Bonchev–Trinajstić information content (AvgIpc) is 3.14. The summed E-state index contributed by atoms with van der Waals surface area (Å²) < 4.78 is 37.8. The number of sulfone groups is 1. The molecule has 2 aliphatic heterocycles. The Balaban J connectivity index is 1.50. The molecule has 2 fully saturated rings. The first-order valence-electron chi connectivity index (χ1n) is 11.4. The molecule has 2 aromatic rings. The van der Waals surface area contributed by atoms with E-state index in [4.69, 9.17) is 0 Å². The first-order chi connectivity index (χ1) is 16.0. The normalized spacial score (nSPS) is 21.7. The van der Waals surface area contributed by atoms with Crippen molar-refractivity contribution in [2.45, 2.75) is 24.7 Å². The lowest BCUT2D eigenvalue weighted by Gasteiger charge is -2.35. The van der Waals surface area contributed by atoms with Gasteiger partial charge in [0.15, 0.2) is 9.84 Å². The Kier molecular flexibility index (Phi) is 6.67. The van der Waals surface area contributed by atoms with Crippen molar-refractivity contribution in [1.82, 2.24) is 9.88 Å². The van der Waals surface area contributed by atoms with Crippen molar-refractivity contribution in [3.8, 4) is 0 Å². The molecule has 0 bridgehead atoms. The van der Waals surface area contributed by atoms with E-state index < -0.39 is 14.8 Å². The van der Waals surface area contributed by atoms with Crippen LogP contribution in [0.4, 0.5) is 15.8 Å². The van der Waals surface area contributed by atoms with E-state index in [1.807, 2.05) is 6.07 Å². The zero-order valence-corrected chi connectivity index (χ0v) is 20.6. The molecule has 3 heterocycles. The number of hydrogen-bond donors (Lipinski definition) is 1. The molecular weight excluding hydrogens is 459 g/mol. The van der Waals surface area contributed by atoms with Gasteiger partial charge in [-0.2, -0.15) is 0 Å². The molecule has 0 spiro atoms. The number of likely N-dealkylation sites (N-methyl/N-ethyl adjacent to an activating group) is 1. The van der Waals surface area contributed by atoms with E-state index in [0.29, 0.717) is 25.1 Å². The molecule has 10 heteroatoms. The molecule has 4 rings (SSSR count). The number of hydrogen-bond acceptors (Lipinski definition) is 7. The number of anilines is 2. The topological polar surface area (TPSA) is 94.1 Å². The molecule has 2 unspecified atom stereocenters. The van der Waals surface area contributed by atoms with Crippen molar-refractivity contribution < 1.29 is 22.7 Å². The summed E-state index contributed by atoms with van der Waals surface area (Å²) in [6.45, 7) is 5.25. The van der Waals surface area contributed by atoms with Crippen molar-refractivity contribution in [2.24, 2.45) is 5.92 Å². The molecule has 34 heavy (non-hydrogen) atoms. The molecule has 0 radical (unpaired) electrons. The van der Waals surface area contributed by atoms with Crippen LogP contribution in [-0.2, 0) is 26.0 Å². The third-order valence-corrected chi connectivity index (χ3v) is 8.58. The molecule has 1 N–H and O–H groups in total. The van der Waals surface area contributed by atoms with E-state index in [2.05, 4.69) is 21.8 Å². The minimum absolute atomic E-state index is 0.00137. The molecule has 2 saturated heterocycles. The lowest BCUT2D eigenvalue weighted by molar-refractivity contribution is -0.120. The maximum atomic E-state index is 14.1. The Morgan fingerprint density at radius 1 is 1.15 bits per heavy atom. The van der Waals surface area contributed by atoms with Crippen LogP contribution in [0.1, 0.15) is 24.6 Å². The van der Waals surface area contributed by atoms with Crippen LogP contribution >= 0.6 is 0 Å². The van der Waals surface area contributed by atoms with Crippen LogP contribution in [0.25, 0.3) is 0 Å². The second kappa shape index (κ2) is 9.24. The van der Waals surface area contributed by atoms with E-state index in [1.54, 1.807) is 11.0 Å². The minimum atomic E-state index is -3.79. The summed E-state index contributed by atoms with van der Waals surface area (Å²) in [7, 11) is -1.70. The number of benzene rings is 1. The fourth-order valence-corrected chi connectivity index (χ4v) is 5.03. The molecule has 1 aromatic carbocycles. The lowest BCUT2D eigenvalue weighted by Crippen LogP contribution is -2.44. The SMILES string of the molecule is CN1CCN(c2ccc(F)cc2CC2CCN(c3ccc(C(C)(O)S(C)(=O)=O)nc3)C2=O)CC1. The maximum absolute atomic E-state index is 14.1. The number of nitrogens with zero attached hydrogens (tertiary/aromatic N) is 4. The zero-order chi connectivity index (χ0) is 24.7. The average molecular weight is 491 g/mol. The number of halogens is 1. The Morgan fingerprint density at radius 3 is 2.47 bits per heavy atom. The quantitative estimate of drug-likeness (QED) is 0.660. The summed E-state index contributed by atoms with van der Waals surface area (Å²) in [5.41, 5.74) is 2.36. The van der Waals surface area contributed by atoms with E-state index in [9.17, 15) is 22.7 Å². The number of carbonyl (C=O) groups is 1. The van der Waals surface area contributed by atoms with Crippen molar-refractivity contribution in [3.05, 3.63) is 53.6 Å². The molecule has 1 aromatic heterocycles. The highest BCUT2D eigenvalue weighted by atomic mass is 32.2. The summed E-state index contributed by atoms with van der Waals surface area (Å²) in [6, 6.07) is 7.84. The summed E-state index contributed by atoms with van der Waals surface area (Å²) in [5, 5.41) is 10.3. The van der Waals surface area contributed by atoms with Crippen molar-refractivity contribution in [2.75, 3.05) is 55.8 Å². The molecular formula is C24H31FN4O4S. The second-order valence-electron chi connectivity index (χ2n) is 9.40. The zero-order valence-electron chi connectivity index (χ0n) is 19.7. The van der Waals surface area contributed by atoms with Gasteiger partial charge >= 0.3 is 0 Å². The van der Waals surface area contributed by atoms with Crippen LogP contribution in [0.5, 0.6) is 0 Å². The van der Waals surface area contributed by atoms with Gasteiger partial charge in [-0.25, -0.2) is 12.8 Å². The van der Waals surface area contributed by atoms with Crippen LogP contribution < -0.4 is 9.80 Å². The Morgan fingerprint density at radius 2 is 1.85 bits per heavy atom. The molecule has 0 saturated carbocycles. The van der Waals surface area contributed by atoms with Gasteiger partial charge in [0.1, 0.15) is 5.82 Å². The van der Waals surface area contributed by atoms with E-state index in [-0.39, 0.29) is 23.3 Å². The van der Waals surface area contributed by atoms with E-state index >= 15 is 0 Å². The Hall–Kier alpha value is -2.56. The van der Waals surface area contributed by atoms with Gasteiger partial charge in [-0.1, -0.05) is 0 Å². The van der Waals surface area contributed by atoms with Gasteiger partial charge in [-0.05, 0) is 62.7 Å². The van der Waals surface area contributed by atoms with Crippen LogP contribution in [0, 0.1) is 11.7 Å². The summed E-state index contributed by atoms with van der Waals surface area (Å²) >= 11 is 0. The number of aromatic nitrogens is 1. The number of carbonyl (C=O) groups excluding carboxylic acids is 1. The fourth-order valence-electron chi connectivity index (χ4n) is 4.53. The third-order valence-electron chi connectivity index (χ3n) is 6.93. The highest BCUT2D eigenvalue weighted by Crippen LogP contribution is 2.32. The molecule has 184 valence electrons. The predicted molar refractivity (Wildman–Crippen MR) is 129 cm³/mol. The minimum Gasteiger partial charge on any atom is -0.370 e. The first kappa shape index (κ1) is 24.6. The van der Waals surface area contributed by atoms with Gasteiger partial charge in [-0.15, -0.1) is 0 Å². The van der Waals surface area contributed by atoms with Gasteiger partial charge in [0.2, 0.25) is 10.8 Å². The summed E-state index contributed by atoms with van der Waals surface area (Å²) in [5.74, 6) is -0.669. The number of aliphatic hydroxyl groups is 1. The molecule has 2 aliphatic rings. The largest absolute Gasteiger partial charge is 0.370 e. The van der Waals surface area contributed by atoms with Gasteiger partial charge < -0.3 is 19.8 Å². The van der Waals surface area contributed by atoms with Crippen molar-refractivity contribution >= 4 is 27.1 Å².